The van der Waals surface area contributed by atoms with Crippen LogP contribution in [0.5, 0.6) is 0 Å². The number of nitrogens with one attached hydrogen (secondary N) is 2. The Bertz CT molecular complexity index is 836. The highest BCUT2D eigenvalue weighted by molar-refractivity contribution is 5.90. The van der Waals surface area contributed by atoms with E-state index in [1.807, 2.05) is 20.2 Å². The molecular weight excluding hydrogens is 348 g/mol. The fourth-order valence-electron chi connectivity index (χ4n) is 4.18. The van der Waals surface area contributed by atoms with Crippen LogP contribution in [0.4, 0.5) is 0 Å². The zero-order valence-corrected chi connectivity index (χ0v) is 17.7. The molecule has 0 bridgehead atoms. The fraction of sp³-hybridized carbons (Fsp3) is 0.522. The Balaban J connectivity index is 1.95. The van der Waals surface area contributed by atoms with E-state index >= 15 is 0 Å². The average Bonchev–Trinajstić information content (AvgIpc) is 2.89. The highest BCUT2D eigenvalue weighted by Gasteiger charge is 2.30. The SMILES string of the molecule is C=CCn1cc2c3c(cccc31)[C@H](CC(C)C)N[C@H](C(=O)NCCN(C)C)C2. The summed E-state index contributed by atoms with van der Waals surface area (Å²) in [5.74, 6) is 0.634. The molecule has 1 aromatic heterocycles. The Kier molecular flexibility index (Phi) is 6.57. The monoisotopic (exact) mass is 382 g/mol. The molecule has 1 aliphatic heterocycles. The van der Waals surface area contributed by atoms with Gasteiger partial charge in [-0.05, 0) is 50.0 Å². The van der Waals surface area contributed by atoms with Gasteiger partial charge in [-0.25, -0.2) is 0 Å². The van der Waals surface area contributed by atoms with Gasteiger partial charge in [-0.3, -0.25) is 10.1 Å². The first kappa shape index (κ1) is 20.6. The van der Waals surface area contributed by atoms with E-state index in [9.17, 15) is 4.79 Å². The van der Waals surface area contributed by atoms with Crippen LogP contribution in [-0.2, 0) is 17.8 Å². The number of amides is 1. The summed E-state index contributed by atoms with van der Waals surface area (Å²) in [7, 11) is 4.04. The van der Waals surface area contributed by atoms with Gasteiger partial charge in [0, 0.05) is 42.8 Å². The van der Waals surface area contributed by atoms with E-state index in [1.165, 1.54) is 22.0 Å². The Morgan fingerprint density at radius 1 is 1.43 bits per heavy atom. The normalized spacial score (nSPS) is 19.2. The van der Waals surface area contributed by atoms with Crippen LogP contribution in [0.1, 0.15) is 37.4 Å². The quantitative estimate of drug-likeness (QED) is 0.690. The van der Waals surface area contributed by atoms with Crippen LogP contribution < -0.4 is 10.6 Å². The van der Waals surface area contributed by atoms with Crippen molar-refractivity contribution in [2.24, 2.45) is 5.92 Å². The number of carbonyl (C=O) groups is 1. The van der Waals surface area contributed by atoms with Crippen molar-refractivity contribution in [2.45, 2.75) is 45.3 Å². The summed E-state index contributed by atoms with van der Waals surface area (Å²) >= 11 is 0. The highest BCUT2D eigenvalue weighted by Crippen LogP contribution is 2.35. The fourth-order valence-corrected chi connectivity index (χ4v) is 4.18. The molecule has 28 heavy (non-hydrogen) atoms. The number of benzene rings is 1. The number of likely N-dealkylation sites (N-methyl/N-ethyl adjacent to an activating group) is 1. The van der Waals surface area contributed by atoms with Gasteiger partial charge >= 0.3 is 0 Å². The number of allylic oxidation sites excluding steroid dienone is 1. The molecule has 1 aromatic carbocycles. The summed E-state index contributed by atoms with van der Waals surface area (Å²) in [4.78, 5) is 15.0. The molecule has 0 radical (unpaired) electrons. The second-order valence-corrected chi connectivity index (χ2v) is 8.54. The van der Waals surface area contributed by atoms with Crippen molar-refractivity contribution < 1.29 is 4.79 Å². The van der Waals surface area contributed by atoms with Gasteiger partial charge in [0.2, 0.25) is 5.91 Å². The first-order chi connectivity index (χ1) is 13.4. The summed E-state index contributed by atoms with van der Waals surface area (Å²) in [6.45, 7) is 10.7. The van der Waals surface area contributed by atoms with E-state index < -0.39 is 0 Å². The second kappa shape index (κ2) is 8.93. The van der Waals surface area contributed by atoms with Gasteiger partial charge in [0.05, 0.1) is 6.04 Å². The van der Waals surface area contributed by atoms with E-state index in [1.54, 1.807) is 0 Å². The minimum absolute atomic E-state index is 0.0908. The van der Waals surface area contributed by atoms with Gasteiger partial charge in [-0.15, -0.1) is 6.58 Å². The Hall–Kier alpha value is -2.11. The number of hydrogen-bond acceptors (Lipinski definition) is 3. The smallest absolute Gasteiger partial charge is 0.237 e. The predicted molar refractivity (Wildman–Crippen MR) is 117 cm³/mol. The van der Waals surface area contributed by atoms with Crippen molar-refractivity contribution in [3.05, 3.63) is 48.2 Å². The van der Waals surface area contributed by atoms with E-state index in [4.69, 9.17) is 0 Å². The molecule has 2 heterocycles. The summed E-state index contributed by atoms with van der Waals surface area (Å²) in [6.07, 6.45) is 5.85. The molecule has 0 unspecified atom stereocenters. The zero-order valence-electron chi connectivity index (χ0n) is 17.7. The molecule has 5 nitrogen and oxygen atoms in total. The zero-order chi connectivity index (χ0) is 20.3. The lowest BCUT2D eigenvalue weighted by atomic mass is 9.94. The predicted octanol–water partition coefficient (Wildman–Crippen LogP) is 3.11. The third-order valence-corrected chi connectivity index (χ3v) is 5.43. The minimum Gasteiger partial charge on any atom is -0.353 e. The third-order valence-electron chi connectivity index (χ3n) is 5.43. The van der Waals surface area contributed by atoms with E-state index in [0.717, 1.165) is 19.5 Å². The van der Waals surface area contributed by atoms with E-state index in [-0.39, 0.29) is 18.0 Å². The van der Waals surface area contributed by atoms with Crippen LogP contribution in [0, 0.1) is 5.92 Å². The van der Waals surface area contributed by atoms with Crippen LogP contribution in [-0.4, -0.2) is 48.6 Å². The summed E-state index contributed by atoms with van der Waals surface area (Å²) < 4.78 is 2.25. The average molecular weight is 383 g/mol. The first-order valence-electron chi connectivity index (χ1n) is 10.3. The third kappa shape index (κ3) is 4.47. The molecule has 3 rings (SSSR count). The van der Waals surface area contributed by atoms with Gasteiger partial charge in [0.25, 0.3) is 0 Å². The number of carbonyl (C=O) groups excluding carboxylic acids is 1. The molecule has 0 aliphatic carbocycles. The maximum Gasteiger partial charge on any atom is 0.237 e. The number of rotatable bonds is 8. The van der Waals surface area contributed by atoms with Crippen molar-refractivity contribution in [3.63, 3.8) is 0 Å². The van der Waals surface area contributed by atoms with E-state index in [2.05, 4.69) is 64.9 Å². The Morgan fingerprint density at radius 2 is 2.21 bits per heavy atom. The first-order valence-corrected chi connectivity index (χ1v) is 10.3. The molecule has 152 valence electrons. The van der Waals surface area contributed by atoms with Crippen molar-refractivity contribution >= 4 is 16.8 Å². The lowest BCUT2D eigenvalue weighted by molar-refractivity contribution is -0.123. The van der Waals surface area contributed by atoms with Crippen LogP contribution >= 0.6 is 0 Å². The standard InChI is InChI=1S/C23H34N4O/c1-6-11-27-15-17-14-20(23(28)24-10-12-26(4)5)25-19(13-16(2)3)18-8-7-9-21(27)22(17)18/h6-9,15-16,19-20,25H,1,10-14H2,2-5H3,(H,24,28)/t19-,20-/m0/s1. The second-order valence-electron chi connectivity index (χ2n) is 8.54. The van der Waals surface area contributed by atoms with E-state index in [0.29, 0.717) is 18.9 Å². The molecule has 1 aliphatic rings. The largest absolute Gasteiger partial charge is 0.353 e. The van der Waals surface area contributed by atoms with Crippen molar-refractivity contribution in [2.75, 3.05) is 27.2 Å². The molecule has 0 spiro atoms. The summed E-state index contributed by atoms with van der Waals surface area (Å²) in [5, 5.41) is 8.10. The topological polar surface area (TPSA) is 49.3 Å². The lowest BCUT2D eigenvalue weighted by Gasteiger charge is -2.25. The molecule has 0 saturated heterocycles. The van der Waals surface area contributed by atoms with Crippen molar-refractivity contribution in [1.29, 1.82) is 0 Å². The van der Waals surface area contributed by atoms with Crippen molar-refractivity contribution in [3.8, 4) is 0 Å². The Labute approximate surface area is 168 Å². The summed E-state index contributed by atoms with van der Waals surface area (Å²) in [5.41, 5.74) is 3.79. The minimum atomic E-state index is -0.221. The van der Waals surface area contributed by atoms with Crippen LogP contribution in [0.15, 0.2) is 37.1 Å². The van der Waals surface area contributed by atoms with Gasteiger partial charge in [0.15, 0.2) is 0 Å². The van der Waals surface area contributed by atoms with Crippen molar-refractivity contribution in [1.82, 2.24) is 20.1 Å². The van der Waals surface area contributed by atoms with Crippen LogP contribution in [0.2, 0.25) is 0 Å². The van der Waals surface area contributed by atoms with Gasteiger partial charge in [-0.2, -0.15) is 0 Å². The van der Waals surface area contributed by atoms with Gasteiger partial charge in [-0.1, -0.05) is 32.1 Å². The molecule has 2 aromatic rings. The van der Waals surface area contributed by atoms with Gasteiger partial charge in [0.1, 0.15) is 0 Å². The van der Waals surface area contributed by atoms with Crippen LogP contribution in [0.25, 0.3) is 10.9 Å². The number of aromatic nitrogens is 1. The maximum absolute atomic E-state index is 13.0. The van der Waals surface area contributed by atoms with Crippen LogP contribution in [0.3, 0.4) is 0 Å². The lowest BCUT2D eigenvalue weighted by Crippen LogP contribution is -2.47. The maximum atomic E-state index is 13.0. The molecule has 1 amide bonds. The molecule has 2 N–H and O–H groups in total. The molecule has 2 atom stereocenters. The number of hydrogen-bond donors (Lipinski definition) is 2. The van der Waals surface area contributed by atoms with Gasteiger partial charge < -0.3 is 14.8 Å². The highest BCUT2D eigenvalue weighted by atomic mass is 16.2. The molecule has 0 saturated carbocycles. The molecule has 0 fully saturated rings. The molecule has 5 heteroatoms. The molecular formula is C23H34N4O. The Morgan fingerprint density at radius 3 is 2.89 bits per heavy atom. The number of nitrogens with zero attached hydrogens (tertiary/aromatic N) is 2. The summed E-state index contributed by atoms with van der Waals surface area (Å²) in [6, 6.07) is 6.48.